The van der Waals surface area contributed by atoms with E-state index in [0.717, 1.165) is 5.56 Å². The Bertz CT molecular complexity index is 853. The first kappa shape index (κ1) is 18.4. The summed E-state index contributed by atoms with van der Waals surface area (Å²) >= 11 is 3.23. The molecular weight excluding hydrogens is 396 g/mol. The lowest BCUT2D eigenvalue weighted by Crippen LogP contribution is -2.41. The minimum atomic E-state index is -3.99. The fourth-order valence-corrected chi connectivity index (χ4v) is 3.55. The molecule has 0 fully saturated rings. The maximum Gasteiger partial charge on any atom is 0.266 e. The van der Waals surface area contributed by atoms with Gasteiger partial charge in [0.25, 0.3) is 15.9 Å². The molecule has 2 N–H and O–H groups in total. The smallest absolute Gasteiger partial charge is 0.266 e. The highest BCUT2D eigenvalue weighted by molar-refractivity contribution is 9.10. The van der Waals surface area contributed by atoms with Gasteiger partial charge in [0, 0.05) is 10.0 Å². The van der Waals surface area contributed by atoms with E-state index < -0.39 is 15.9 Å². The zero-order valence-corrected chi connectivity index (χ0v) is 15.6. The summed E-state index contributed by atoms with van der Waals surface area (Å²) in [6.07, 6.45) is 0. The van der Waals surface area contributed by atoms with Gasteiger partial charge in [-0.2, -0.15) is 0 Å². The van der Waals surface area contributed by atoms with Crippen LogP contribution in [0.5, 0.6) is 5.75 Å². The zero-order valence-electron chi connectivity index (χ0n) is 13.2. The zero-order chi connectivity index (χ0) is 17.7. The SMILES string of the molecule is CCOc1ccc(Br)cc1S(=O)(=O)NNC(=O)c1ccccc1C. The molecule has 8 heteroatoms. The molecule has 2 aromatic rings. The van der Waals surface area contributed by atoms with Crippen molar-refractivity contribution in [3.63, 3.8) is 0 Å². The minimum Gasteiger partial charge on any atom is -0.492 e. The van der Waals surface area contributed by atoms with Crippen molar-refractivity contribution in [1.82, 2.24) is 10.3 Å². The van der Waals surface area contributed by atoms with E-state index in [1.807, 2.05) is 0 Å². The van der Waals surface area contributed by atoms with E-state index in [2.05, 4.69) is 26.2 Å². The summed E-state index contributed by atoms with van der Waals surface area (Å²) in [7, 11) is -3.99. The molecule has 0 saturated carbocycles. The van der Waals surface area contributed by atoms with Gasteiger partial charge in [-0.3, -0.25) is 10.2 Å². The molecule has 1 amide bonds. The molecule has 128 valence electrons. The van der Waals surface area contributed by atoms with Crippen LogP contribution in [0.25, 0.3) is 0 Å². The number of benzene rings is 2. The number of rotatable bonds is 6. The van der Waals surface area contributed by atoms with Gasteiger partial charge in [0.2, 0.25) is 0 Å². The van der Waals surface area contributed by atoms with Crippen LogP contribution in [0.4, 0.5) is 0 Å². The lowest BCUT2D eigenvalue weighted by molar-refractivity contribution is 0.0944. The van der Waals surface area contributed by atoms with E-state index in [0.29, 0.717) is 16.6 Å². The van der Waals surface area contributed by atoms with E-state index in [1.54, 1.807) is 50.2 Å². The summed E-state index contributed by atoms with van der Waals surface area (Å²) < 4.78 is 30.9. The molecule has 0 aliphatic heterocycles. The van der Waals surface area contributed by atoms with Crippen molar-refractivity contribution in [3.05, 3.63) is 58.1 Å². The Hall–Kier alpha value is -1.90. The summed E-state index contributed by atoms with van der Waals surface area (Å²) in [5.41, 5.74) is 3.35. The normalized spacial score (nSPS) is 11.1. The summed E-state index contributed by atoms with van der Waals surface area (Å²) in [5, 5.41) is 0. The van der Waals surface area contributed by atoms with Gasteiger partial charge in [-0.1, -0.05) is 34.1 Å². The first-order valence-electron chi connectivity index (χ1n) is 7.15. The molecule has 0 aromatic heterocycles. The fraction of sp³-hybridized carbons (Fsp3) is 0.188. The Kier molecular flexibility index (Phi) is 5.98. The second-order valence-electron chi connectivity index (χ2n) is 4.90. The highest BCUT2D eigenvalue weighted by atomic mass is 79.9. The second-order valence-corrected chi connectivity index (χ2v) is 7.47. The van der Waals surface area contributed by atoms with Gasteiger partial charge >= 0.3 is 0 Å². The monoisotopic (exact) mass is 412 g/mol. The molecule has 2 aromatic carbocycles. The predicted molar refractivity (Wildman–Crippen MR) is 94.3 cm³/mol. The van der Waals surface area contributed by atoms with Crippen LogP contribution in [0, 0.1) is 6.92 Å². The molecule has 0 aliphatic rings. The van der Waals surface area contributed by atoms with E-state index in [9.17, 15) is 13.2 Å². The average molecular weight is 413 g/mol. The van der Waals surface area contributed by atoms with Crippen molar-refractivity contribution >= 4 is 31.9 Å². The number of carbonyl (C=O) groups excluding carboxylic acids is 1. The van der Waals surface area contributed by atoms with E-state index >= 15 is 0 Å². The van der Waals surface area contributed by atoms with Gasteiger partial charge in [0.15, 0.2) is 0 Å². The summed E-state index contributed by atoms with van der Waals surface area (Å²) in [6, 6.07) is 11.5. The Morgan fingerprint density at radius 1 is 1.21 bits per heavy atom. The lowest BCUT2D eigenvalue weighted by Gasteiger charge is -2.13. The number of aryl methyl sites for hydroxylation is 1. The third kappa shape index (κ3) is 4.34. The molecule has 24 heavy (non-hydrogen) atoms. The number of hydrogen-bond acceptors (Lipinski definition) is 4. The van der Waals surface area contributed by atoms with Crippen LogP contribution < -0.4 is 15.0 Å². The average Bonchev–Trinajstić information content (AvgIpc) is 2.55. The van der Waals surface area contributed by atoms with Gasteiger partial charge in [0.05, 0.1) is 6.61 Å². The Balaban J connectivity index is 2.22. The quantitative estimate of drug-likeness (QED) is 0.714. The van der Waals surface area contributed by atoms with Crippen LogP contribution in [0.15, 0.2) is 51.8 Å². The van der Waals surface area contributed by atoms with Crippen LogP contribution in [0.2, 0.25) is 0 Å². The third-order valence-corrected chi connectivity index (χ3v) is 4.95. The molecule has 0 unspecified atom stereocenters. The summed E-state index contributed by atoms with van der Waals surface area (Å²) in [5.74, 6) is -0.331. The van der Waals surface area contributed by atoms with Crippen molar-refractivity contribution in [2.75, 3.05) is 6.61 Å². The van der Waals surface area contributed by atoms with Crippen LogP contribution in [0.3, 0.4) is 0 Å². The van der Waals surface area contributed by atoms with Crippen LogP contribution in [0.1, 0.15) is 22.8 Å². The maximum atomic E-state index is 12.5. The molecule has 0 aliphatic carbocycles. The molecule has 2 rings (SSSR count). The Labute approximate surface area is 149 Å². The number of ether oxygens (including phenoxy) is 1. The molecule has 0 radical (unpaired) electrons. The third-order valence-electron chi connectivity index (χ3n) is 3.18. The van der Waals surface area contributed by atoms with E-state index in [-0.39, 0.29) is 10.6 Å². The van der Waals surface area contributed by atoms with Gasteiger partial charge in [0.1, 0.15) is 10.6 Å². The van der Waals surface area contributed by atoms with Gasteiger partial charge in [-0.05, 0) is 43.7 Å². The van der Waals surface area contributed by atoms with E-state index in [1.165, 1.54) is 6.07 Å². The molecule has 0 atom stereocenters. The largest absolute Gasteiger partial charge is 0.492 e. The van der Waals surface area contributed by atoms with Crippen molar-refractivity contribution in [3.8, 4) is 5.75 Å². The highest BCUT2D eigenvalue weighted by Crippen LogP contribution is 2.27. The van der Waals surface area contributed by atoms with Gasteiger partial charge in [-0.15, -0.1) is 4.83 Å². The number of hydrazine groups is 1. The van der Waals surface area contributed by atoms with Crippen molar-refractivity contribution in [2.24, 2.45) is 0 Å². The molecule has 6 nitrogen and oxygen atoms in total. The number of hydrogen-bond donors (Lipinski definition) is 2. The Morgan fingerprint density at radius 2 is 1.92 bits per heavy atom. The molecular formula is C16H17BrN2O4S. The predicted octanol–water partition coefficient (Wildman–Crippen LogP) is 2.78. The van der Waals surface area contributed by atoms with E-state index in [4.69, 9.17) is 4.74 Å². The van der Waals surface area contributed by atoms with Crippen molar-refractivity contribution in [2.45, 2.75) is 18.7 Å². The van der Waals surface area contributed by atoms with Crippen LogP contribution in [-0.4, -0.2) is 20.9 Å². The van der Waals surface area contributed by atoms with Gasteiger partial charge < -0.3 is 4.74 Å². The van der Waals surface area contributed by atoms with Crippen LogP contribution >= 0.6 is 15.9 Å². The van der Waals surface area contributed by atoms with Gasteiger partial charge in [-0.25, -0.2) is 8.42 Å². The van der Waals surface area contributed by atoms with Crippen molar-refractivity contribution in [1.29, 1.82) is 0 Å². The fourth-order valence-electron chi connectivity index (χ4n) is 2.03. The van der Waals surface area contributed by atoms with Crippen molar-refractivity contribution < 1.29 is 17.9 Å². The van der Waals surface area contributed by atoms with Crippen LogP contribution in [-0.2, 0) is 10.0 Å². The first-order valence-corrected chi connectivity index (χ1v) is 9.43. The first-order chi connectivity index (χ1) is 11.3. The maximum absolute atomic E-state index is 12.5. The molecule has 0 saturated heterocycles. The minimum absolute atomic E-state index is 0.0659. The highest BCUT2D eigenvalue weighted by Gasteiger charge is 2.21. The molecule has 0 bridgehead atoms. The standard InChI is InChI=1S/C16H17BrN2O4S/c1-3-23-14-9-8-12(17)10-15(14)24(21,22)19-18-16(20)13-7-5-4-6-11(13)2/h4-10,19H,3H2,1-2H3,(H,18,20). The number of amides is 1. The summed E-state index contributed by atoms with van der Waals surface area (Å²) in [6.45, 7) is 3.84. The Morgan fingerprint density at radius 3 is 2.58 bits per heavy atom. The summed E-state index contributed by atoms with van der Waals surface area (Å²) in [4.78, 5) is 14.2. The lowest BCUT2D eigenvalue weighted by atomic mass is 10.1. The molecule has 0 spiro atoms. The number of carbonyl (C=O) groups is 1. The molecule has 0 heterocycles. The second kappa shape index (κ2) is 7.78. The number of halogens is 1. The number of nitrogens with one attached hydrogen (secondary N) is 2. The number of sulfonamides is 1. The topological polar surface area (TPSA) is 84.5 Å².